The summed E-state index contributed by atoms with van der Waals surface area (Å²) < 4.78 is 0.922. The summed E-state index contributed by atoms with van der Waals surface area (Å²) in [5, 5.41) is 10.5. The zero-order valence-electron chi connectivity index (χ0n) is 15.9. The summed E-state index contributed by atoms with van der Waals surface area (Å²) in [6.07, 6.45) is 15.2. The van der Waals surface area contributed by atoms with Gasteiger partial charge in [-0.25, -0.2) is 0 Å². The molecule has 0 heterocycles. The number of hydrogen-bond acceptors (Lipinski definition) is 0. The fourth-order valence-electron chi connectivity index (χ4n) is 1.96. The Labute approximate surface area is 157 Å². The summed E-state index contributed by atoms with van der Waals surface area (Å²) in [7, 11) is 10.5. The molecule has 0 aliphatic heterocycles. The van der Waals surface area contributed by atoms with E-state index in [-0.39, 0.29) is 0 Å². The van der Waals surface area contributed by atoms with Crippen LogP contribution in [0.3, 0.4) is 0 Å². The molecule has 0 aromatic rings. The molecule has 4 heteroatoms. The van der Waals surface area contributed by atoms with Gasteiger partial charge in [0.15, 0.2) is 0 Å². The Morgan fingerprint density at radius 2 is 1.22 bits per heavy atom. The molecule has 0 radical (unpaired) electrons. The van der Waals surface area contributed by atoms with E-state index in [4.69, 9.17) is 0 Å². The van der Waals surface area contributed by atoms with Crippen LogP contribution in [0.2, 0.25) is 4.22 Å². The number of rotatable bonds is 1. The summed E-state index contributed by atoms with van der Waals surface area (Å²) in [6, 6.07) is 0. The molecule has 3 unspecified atom stereocenters. The average Bonchev–Trinajstić information content (AvgIpc) is 2.92. The number of fused-ring (bicyclic) bond motifs is 1. The van der Waals surface area contributed by atoms with Gasteiger partial charge in [0.05, 0.1) is 0 Å². The normalized spacial score (nSPS) is 22.3. The molecule has 3 nitrogen and oxygen atoms in total. The molecular weight excluding hydrogens is 318 g/mol. The molecule has 0 amide bonds. The van der Waals surface area contributed by atoms with Gasteiger partial charge >= 0.3 is 73.6 Å². The van der Waals surface area contributed by atoms with E-state index < -0.39 is 0 Å². The first-order valence-electron chi connectivity index (χ1n) is 7.77. The van der Waals surface area contributed by atoms with Gasteiger partial charge in [0.25, 0.3) is 0 Å². The van der Waals surface area contributed by atoms with Crippen molar-refractivity contribution in [1.29, 1.82) is 0 Å². The van der Waals surface area contributed by atoms with E-state index in [1.807, 2.05) is 0 Å². The van der Waals surface area contributed by atoms with Gasteiger partial charge in [0.2, 0.25) is 0 Å². The summed E-state index contributed by atoms with van der Waals surface area (Å²) in [4.78, 5) is 0. The van der Waals surface area contributed by atoms with Gasteiger partial charge in [-0.1, -0.05) is 25.3 Å². The molecule has 0 spiro atoms. The first-order chi connectivity index (χ1) is 11.0. The summed E-state index contributed by atoms with van der Waals surface area (Å²) in [5.74, 6) is 1.74. The predicted molar refractivity (Wildman–Crippen MR) is 104 cm³/mol. The van der Waals surface area contributed by atoms with Crippen molar-refractivity contribution < 1.29 is 20.4 Å². The third-order valence-corrected chi connectivity index (χ3v) is 3.79. The van der Waals surface area contributed by atoms with Gasteiger partial charge in [-0.3, -0.25) is 0 Å². The molecule has 1 saturated carbocycles. The molecule has 0 aromatic heterocycles. The molecule has 3 atom stereocenters. The van der Waals surface area contributed by atoms with Gasteiger partial charge in [0, 0.05) is 0 Å². The van der Waals surface area contributed by atoms with Crippen LogP contribution in [0.15, 0.2) is 49.6 Å². The van der Waals surface area contributed by atoms with Crippen LogP contribution in [0.4, 0.5) is 0 Å². The molecule has 2 aliphatic carbocycles. The van der Waals surface area contributed by atoms with Crippen molar-refractivity contribution in [1.82, 2.24) is 0 Å². The summed E-state index contributed by atoms with van der Waals surface area (Å²) in [5.41, 5.74) is 0. The summed E-state index contributed by atoms with van der Waals surface area (Å²) in [6.45, 7) is 6.72. The van der Waals surface area contributed by atoms with Gasteiger partial charge in [-0.15, -0.1) is 0 Å². The van der Waals surface area contributed by atoms with Crippen LogP contribution in [0.25, 0.3) is 16.0 Å². The third-order valence-electron chi connectivity index (χ3n) is 2.74. The Balaban J connectivity index is -0.000000261. The van der Waals surface area contributed by atoms with E-state index in [9.17, 15) is 0 Å². The maximum absolute atomic E-state index is 3.50. The Hall–Kier alpha value is -0.446. The minimum atomic E-state index is 0.866. The number of allylic oxidation sites excluding steroid dienone is 6. The first kappa shape index (κ1) is 27.4. The molecule has 23 heavy (non-hydrogen) atoms. The fourth-order valence-corrected chi connectivity index (χ4v) is 2.78. The molecule has 0 aromatic carbocycles. The third kappa shape index (κ3) is 19.5. The molecule has 1 fully saturated rings. The van der Waals surface area contributed by atoms with Crippen LogP contribution in [-0.2, 0) is 20.4 Å². The zero-order chi connectivity index (χ0) is 18.5. The summed E-state index contributed by atoms with van der Waals surface area (Å²) >= 11 is 2.37. The van der Waals surface area contributed by atoms with Crippen molar-refractivity contribution in [2.45, 2.75) is 17.1 Å². The second kappa shape index (κ2) is 23.8. The van der Waals surface area contributed by atoms with Crippen molar-refractivity contribution in [2.75, 3.05) is 42.3 Å². The Bertz CT molecular complexity index is 290. The fraction of sp³-hybridized carbons (Fsp3) is 0.579. The topological polar surface area (TPSA) is 42.3 Å². The van der Waals surface area contributed by atoms with E-state index in [0.29, 0.717) is 0 Å². The van der Waals surface area contributed by atoms with Crippen LogP contribution in [-0.4, -0.2) is 42.3 Å². The standard InChI is InChI=1S/C9H11.C4H6.3C2H6N.Ti/c1-2-5-9-7-3-6-8(9)4-1;1-3-4-2;3*1-3-2;/h1-2,4-6,8-9H,3,7H2;3-4H,1-2H2;3*1-2H3;/q;;3*-1;+3. The van der Waals surface area contributed by atoms with Gasteiger partial charge in [-0.05, 0) is 0 Å². The van der Waals surface area contributed by atoms with Crippen LogP contribution in [0, 0.1) is 11.8 Å². The van der Waals surface area contributed by atoms with E-state index >= 15 is 0 Å². The van der Waals surface area contributed by atoms with Crippen LogP contribution < -0.4 is 0 Å². The van der Waals surface area contributed by atoms with E-state index in [2.05, 4.69) is 73.8 Å². The van der Waals surface area contributed by atoms with Gasteiger partial charge in [0.1, 0.15) is 0 Å². The SMILES string of the molecule is C=CC=C.C[N-]C.C[N-]C.C[N-]C.[Ti+3][CH]1CCC2C=CC=CC12. The maximum atomic E-state index is 3.50. The molecule has 2 aliphatic rings. The molecule has 0 N–H and O–H groups in total. The molecule has 0 bridgehead atoms. The van der Waals surface area contributed by atoms with Crippen molar-refractivity contribution in [2.24, 2.45) is 11.8 Å². The quantitative estimate of drug-likeness (QED) is 0.429. The second-order valence-corrected chi connectivity index (χ2v) is 6.17. The second-order valence-electron chi connectivity index (χ2n) is 5.01. The monoisotopic (exact) mass is 353 g/mol. The van der Waals surface area contributed by atoms with E-state index in [0.717, 1.165) is 16.1 Å². The first-order valence-corrected chi connectivity index (χ1v) is 8.67. The van der Waals surface area contributed by atoms with Crippen molar-refractivity contribution in [3.05, 3.63) is 65.6 Å². The molecule has 130 valence electrons. The van der Waals surface area contributed by atoms with Crippen molar-refractivity contribution >= 4 is 0 Å². The van der Waals surface area contributed by atoms with Crippen molar-refractivity contribution in [3.8, 4) is 0 Å². The Morgan fingerprint density at radius 3 is 1.57 bits per heavy atom. The molecular formula is C19H35N3Ti. The van der Waals surface area contributed by atoms with Gasteiger partial charge in [-0.2, -0.15) is 42.3 Å². The minimum absolute atomic E-state index is 0.866. The zero-order valence-corrected chi connectivity index (χ0v) is 17.4. The Kier molecular flexibility index (Phi) is 28.4. The van der Waals surface area contributed by atoms with Gasteiger partial charge < -0.3 is 16.0 Å². The van der Waals surface area contributed by atoms with Crippen molar-refractivity contribution in [3.63, 3.8) is 0 Å². The van der Waals surface area contributed by atoms with E-state index in [1.54, 1.807) is 54.4 Å². The van der Waals surface area contributed by atoms with E-state index in [1.165, 1.54) is 12.8 Å². The number of nitrogens with zero attached hydrogens (tertiary/aromatic N) is 3. The van der Waals surface area contributed by atoms with Crippen LogP contribution in [0.1, 0.15) is 12.8 Å². The molecule has 0 saturated heterocycles. The van der Waals surface area contributed by atoms with Crippen LogP contribution in [0.5, 0.6) is 0 Å². The van der Waals surface area contributed by atoms with Crippen LogP contribution >= 0.6 is 0 Å². The predicted octanol–water partition coefficient (Wildman–Crippen LogP) is 5.69. The Morgan fingerprint density at radius 1 is 0.826 bits per heavy atom. The molecule has 2 rings (SSSR count). The number of hydrogen-bond donors (Lipinski definition) is 0. The average molecular weight is 353 g/mol.